The van der Waals surface area contributed by atoms with Crippen molar-refractivity contribution in [3.05, 3.63) is 52.3 Å². The number of nitrogens with one attached hydrogen (secondary N) is 1. The van der Waals surface area contributed by atoms with E-state index in [-0.39, 0.29) is 23.6 Å². The van der Waals surface area contributed by atoms with Gasteiger partial charge < -0.3 is 15.2 Å². The molecule has 2 aromatic rings. The number of aliphatic carboxylic acids is 1. The molecule has 0 aliphatic heterocycles. The lowest BCUT2D eigenvalue weighted by Crippen LogP contribution is -2.44. The number of hydrogen-bond donors (Lipinski definition) is 2. The Morgan fingerprint density at radius 3 is 2.18 bits per heavy atom. The molecule has 13 heteroatoms. The SMILES string of the molecule is CC.CC(C)(C)OC(=O)NC(CC[S@@](=O)CCC(c1ccc(-c2ccc(Cl)cc2Cl)cn1)C(F)(F)F)C(=O)O. The second kappa shape index (κ2) is 15.4. The van der Waals surface area contributed by atoms with Crippen LogP contribution >= 0.6 is 23.2 Å². The second-order valence-corrected chi connectivity index (χ2v) is 11.7. The van der Waals surface area contributed by atoms with Gasteiger partial charge in [-0.2, -0.15) is 13.2 Å². The maximum atomic E-state index is 13.8. The molecule has 1 aromatic heterocycles. The molecule has 39 heavy (non-hydrogen) atoms. The number of alkyl halides is 3. The molecule has 3 atom stereocenters. The Morgan fingerprint density at radius 1 is 1.08 bits per heavy atom. The molecule has 0 radical (unpaired) electrons. The summed E-state index contributed by atoms with van der Waals surface area (Å²) >= 11 is 12.0. The number of benzene rings is 1. The molecule has 218 valence electrons. The van der Waals surface area contributed by atoms with Gasteiger partial charge in [0.2, 0.25) is 0 Å². The molecular weight excluding hydrogens is 580 g/mol. The number of carboxylic acids is 1. The lowest BCUT2D eigenvalue weighted by molar-refractivity contribution is -0.151. The summed E-state index contributed by atoms with van der Waals surface area (Å²) < 4.78 is 58.7. The van der Waals surface area contributed by atoms with Crippen LogP contribution in [0, 0.1) is 0 Å². The summed E-state index contributed by atoms with van der Waals surface area (Å²) in [4.78, 5) is 27.2. The predicted molar refractivity (Wildman–Crippen MR) is 148 cm³/mol. The standard InChI is InChI=1S/C24H27Cl2F3N2O5S.C2H6/c1-23(2,3)36-22(34)31-20(21(32)33)9-11-37(35)10-8-17(24(27,28)29)19-7-4-14(13-30-19)16-6-5-15(25)12-18(16)26;1-2/h4-7,12-13,17,20H,8-11H2,1-3H3,(H,31,34)(H,32,33);1-2H3/t17?,20?,37-;/m0./s1. The van der Waals surface area contributed by atoms with E-state index >= 15 is 0 Å². The Bertz CT molecular complexity index is 1130. The largest absolute Gasteiger partial charge is 0.480 e. The minimum absolute atomic E-state index is 0.223. The van der Waals surface area contributed by atoms with Crippen LogP contribution in [0.25, 0.3) is 11.1 Å². The van der Waals surface area contributed by atoms with Gasteiger partial charge in [-0.05, 0) is 51.8 Å². The average Bonchev–Trinajstić information content (AvgIpc) is 2.81. The van der Waals surface area contributed by atoms with Crippen molar-refractivity contribution in [3.8, 4) is 11.1 Å². The van der Waals surface area contributed by atoms with Crippen LogP contribution in [0.15, 0.2) is 36.5 Å². The molecule has 0 aliphatic rings. The van der Waals surface area contributed by atoms with Crippen molar-refractivity contribution in [2.45, 2.75) is 71.2 Å². The fourth-order valence-corrected chi connectivity index (χ4v) is 5.00. The molecule has 7 nitrogen and oxygen atoms in total. The summed E-state index contributed by atoms with van der Waals surface area (Å²) in [6.07, 6.45) is -5.08. The molecule has 0 spiro atoms. The number of hydrogen-bond acceptors (Lipinski definition) is 5. The van der Waals surface area contributed by atoms with Crippen molar-refractivity contribution in [2.75, 3.05) is 11.5 Å². The molecule has 1 aromatic carbocycles. The Hall–Kier alpha value is -2.37. The zero-order valence-electron chi connectivity index (χ0n) is 22.3. The molecule has 0 aliphatic carbocycles. The lowest BCUT2D eigenvalue weighted by atomic mass is 9.99. The first kappa shape index (κ1) is 34.7. The summed E-state index contributed by atoms with van der Waals surface area (Å²) in [6, 6.07) is 6.06. The van der Waals surface area contributed by atoms with Crippen molar-refractivity contribution in [3.63, 3.8) is 0 Å². The molecule has 0 fully saturated rings. The summed E-state index contributed by atoms with van der Waals surface area (Å²) in [5, 5.41) is 12.2. The van der Waals surface area contributed by atoms with Gasteiger partial charge in [0.15, 0.2) is 0 Å². The topological polar surface area (TPSA) is 106 Å². The molecule has 2 N–H and O–H groups in total. The van der Waals surface area contributed by atoms with Crippen LogP contribution in [0.2, 0.25) is 10.0 Å². The van der Waals surface area contributed by atoms with Gasteiger partial charge in [0.05, 0.1) is 11.6 Å². The van der Waals surface area contributed by atoms with Gasteiger partial charge in [0.1, 0.15) is 11.6 Å². The van der Waals surface area contributed by atoms with Crippen LogP contribution in [-0.4, -0.2) is 55.7 Å². The van der Waals surface area contributed by atoms with Crippen LogP contribution in [0.1, 0.15) is 59.1 Å². The smallest absolute Gasteiger partial charge is 0.408 e. The summed E-state index contributed by atoms with van der Waals surface area (Å²) in [5.41, 5.74) is -0.0289. The lowest BCUT2D eigenvalue weighted by Gasteiger charge is -2.22. The van der Waals surface area contributed by atoms with Gasteiger partial charge >= 0.3 is 18.2 Å². The predicted octanol–water partition coefficient (Wildman–Crippen LogP) is 7.23. The van der Waals surface area contributed by atoms with E-state index in [0.717, 1.165) is 0 Å². The number of ether oxygens (including phenoxy) is 1. The zero-order chi connectivity index (χ0) is 30.0. The molecule has 1 amide bonds. The summed E-state index contributed by atoms with van der Waals surface area (Å²) in [7, 11) is -1.77. The summed E-state index contributed by atoms with van der Waals surface area (Å²) in [6.45, 7) is 8.80. The third kappa shape index (κ3) is 12.1. The van der Waals surface area contributed by atoms with E-state index in [1.54, 1.807) is 32.9 Å². The number of alkyl carbamates (subject to hydrolysis) is 1. The van der Waals surface area contributed by atoms with Gasteiger partial charge in [0, 0.05) is 49.7 Å². The van der Waals surface area contributed by atoms with Crippen LogP contribution in [0.5, 0.6) is 0 Å². The molecular formula is C26H33Cl2F3N2O5S. The third-order valence-corrected chi connectivity index (χ3v) is 6.97. The molecule has 2 unspecified atom stereocenters. The van der Waals surface area contributed by atoms with E-state index in [0.29, 0.717) is 21.2 Å². The van der Waals surface area contributed by atoms with Crippen LogP contribution in [0.4, 0.5) is 18.0 Å². The van der Waals surface area contributed by atoms with E-state index in [2.05, 4.69) is 10.3 Å². The van der Waals surface area contributed by atoms with E-state index in [9.17, 15) is 32.1 Å². The quantitative estimate of drug-likeness (QED) is 0.293. The van der Waals surface area contributed by atoms with Crippen molar-refractivity contribution in [1.29, 1.82) is 0 Å². The van der Waals surface area contributed by atoms with Crippen molar-refractivity contribution >= 4 is 46.1 Å². The highest BCUT2D eigenvalue weighted by Crippen LogP contribution is 2.38. The number of carbonyl (C=O) groups is 2. The highest BCUT2D eigenvalue weighted by atomic mass is 35.5. The molecule has 0 saturated carbocycles. The van der Waals surface area contributed by atoms with Gasteiger partial charge in [-0.3, -0.25) is 9.19 Å². The molecule has 0 saturated heterocycles. The highest BCUT2D eigenvalue weighted by Gasteiger charge is 2.41. The zero-order valence-corrected chi connectivity index (χ0v) is 24.6. The number of rotatable bonds is 10. The van der Waals surface area contributed by atoms with Gasteiger partial charge in [0.25, 0.3) is 0 Å². The highest BCUT2D eigenvalue weighted by molar-refractivity contribution is 7.84. The van der Waals surface area contributed by atoms with E-state index in [1.807, 2.05) is 13.8 Å². The maximum absolute atomic E-state index is 13.8. The molecule has 0 bridgehead atoms. The Morgan fingerprint density at radius 2 is 1.69 bits per heavy atom. The van der Waals surface area contributed by atoms with E-state index in [4.69, 9.17) is 27.9 Å². The number of halogens is 5. The third-order valence-electron chi connectivity index (χ3n) is 5.04. The van der Waals surface area contributed by atoms with Crippen LogP contribution in [0.3, 0.4) is 0 Å². The van der Waals surface area contributed by atoms with Crippen LogP contribution in [-0.2, 0) is 20.3 Å². The number of pyridine rings is 1. The minimum atomic E-state index is -4.64. The average molecular weight is 614 g/mol. The van der Waals surface area contributed by atoms with Crippen LogP contribution < -0.4 is 5.32 Å². The Kier molecular flexibility index (Phi) is 13.7. The first-order valence-corrected chi connectivity index (χ1v) is 14.4. The first-order valence-electron chi connectivity index (χ1n) is 12.1. The van der Waals surface area contributed by atoms with Gasteiger partial charge in [-0.25, -0.2) is 9.59 Å². The Balaban J connectivity index is 0.00000371. The monoisotopic (exact) mass is 612 g/mol. The maximum Gasteiger partial charge on any atom is 0.408 e. The van der Waals surface area contributed by atoms with Gasteiger partial charge in [-0.1, -0.05) is 49.2 Å². The fourth-order valence-electron chi connectivity index (χ4n) is 3.28. The van der Waals surface area contributed by atoms with Crippen molar-refractivity contribution < 1.29 is 36.8 Å². The number of amides is 1. The number of aromatic nitrogens is 1. The van der Waals surface area contributed by atoms with Crippen molar-refractivity contribution in [2.24, 2.45) is 0 Å². The van der Waals surface area contributed by atoms with E-state index < -0.39 is 53.0 Å². The Labute approximate surface area is 238 Å². The second-order valence-electron chi connectivity index (χ2n) is 9.15. The first-order chi connectivity index (χ1) is 18.1. The molecule has 1 heterocycles. The molecule has 2 rings (SSSR count). The minimum Gasteiger partial charge on any atom is -0.480 e. The summed E-state index contributed by atoms with van der Waals surface area (Å²) in [5.74, 6) is -3.91. The normalized spacial score (nSPS) is 13.9. The number of carbonyl (C=O) groups excluding carboxylic acids is 1. The van der Waals surface area contributed by atoms with E-state index in [1.165, 1.54) is 24.4 Å². The number of carboxylic acid groups (broad SMARTS) is 1. The fraction of sp³-hybridized carbons (Fsp3) is 0.500. The van der Waals surface area contributed by atoms with Gasteiger partial charge in [-0.15, -0.1) is 0 Å². The number of nitrogens with zero attached hydrogens (tertiary/aromatic N) is 1. The van der Waals surface area contributed by atoms with Crippen molar-refractivity contribution in [1.82, 2.24) is 10.3 Å².